The number of rotatable bonds is 9. The lowest BCUT2D eigenvalue weighted by Crippen LogP contribution is -2.27. The Morgan fingerprint density at radius 1 is 1.25 bits per heavy atom. The molecule has 2 aromatic carbocycles. The van der Waals surface area contributed by atoms with Crippen LogP contribution in [0.25, 0.3) is 6.08 Å². The average Bonchev–Trinajstić information content (AvgIpc) is 3.27. The number of fused-ring (bicyclic) bond motifs is 1. The van der Waals surface area contributed by atoms with Crippen LogP contribution in [-0.4, -0.2) is 49.3 Å². The molecule has 0 amide bonds. The van der Waals surface area contributed by atoms with Gasteiger partial charge in [0.05, 0.1) is 13.0 Å². The summed E-state index contributed by atoms with van der Waals surface area (Å²) in [5.74, 6) is 1.46. The van der Waals surface area contributed by atoms with Crippen LogP contribution < -0.4 is 14.2 Å². The van der Waals surface area contributed by atoms with Crippen molar-refractivity contribution in [1.29, 1.82) is 0 Å². The van der Waals surface area contributed by atoms with E-state index in [4.69, 9.17) is 14.2 Å². The maximum Gasteiger partial charge on any atom is 0.307 e. The van der Waals surface area contributed by atoms with Crippen LogP contribution in [0.2, 0.25) is 0 Å². The molecule has 0 saturated carbocycles. The summed E-state index contributed by atoms with van der Waals surface area (Å²) in [4.78, 5) is 13.4. The number of carboxylic acids is 1. The second-order valence-electron chi connectivity index (χ2n) is 8.53. The summed E-state index contributed by atoms with van der Waals surface area (Å²) in [6, 6.07) is 12.2. The number of likely N-dealkylation sites (tertiary alicyclic amines) is 1. The second kappa shape index (κ2) is 10.1. The monoisotopic (exact) mass is 437 g/mol. The highest BCUT2D eigenvalue weighted by atomic mass is 16.5. The minimum absolute atomic E-state index is 0.256. The fraction of sp³-hybridized carbons (Fsp3) is 0.423. The number of carbonyl (C=O) groups is 1. The van der Waals surface area contributed by atoms with Crippen LogP contribution in [0.15, 0.2) is 42.0 Å². The lowest BCUT2D eigenvalue weighted by molar-refractivity contribution is -0.141. The summed E-state index contributed by atoms with van der Waals surface area (Å²) in [6.07, 6.45) is 5.00. The molecular weight excluding hydrogens is 406 g/mol. The van der Waals surface area contributed by atoms with Crippen molar-refractivity contribution < 1.29 is 24.1 Å². The summed E-state index contributed by atoms with van der Waals surface area (Å²) in [7, 11) is 1.69. The van der Waals surface area contributed by atoms with Crippen LogP contribution in [0.3, 0.4) is 0 Å². The first-order chi connectivity index (χ1) is 15.6. The molecule has 32 heavy (non-hydrogen) atoms. The minimum Gasteiger partial charge on any atom is -0.496 e. The van der Waals surface area contributed by atoms with Gasteiger partial charge in [0.2, 0.25) is 0 Å². The van der Waals surface area contributed by atoms with Crippen LogP contribution in [0.5, 0.6) is 17.2 Å². The maximum absolute atomic E-state index is 11.2. The standard InChI is InChI=1S/C26H31NO5/c1-3-4-18-5-6-22(24(12-18)30-2)17-31-23-8-7-20-11-19(16-32-25(20)13-23)14-27-10-9-21(15-27)26(28)29/h5-8,11-13,21H,3-4,9-10,14-17H2,1-2H3,(H,28,29). The zero-order valence-corrected chi connectivity index (χ0v) is 18.8. The van der Waals surface area contributed by atoms with Crippen LogP contribution in [-0.2, 0) is 17.8 Å². The van der Waals surface area contributed by atoms with Crippen molar-refractivity contribution in [2.45, 2.75) is 32.8 Å². The van der Waals surface area contributed by atoms with Crippen molar-refractivity contribution in [2.24, 2.45) is 5.92 Å². The molecule has 0 bridgehead atoms. The lowest BCUT2D eigenvalue weighted by Gasteiger charge is -2.23. The van der Waals surface area contributed by atoms with Crippen LogP contribution in [0.4, 0.5) is 0 Å². The quantitative estimate of drug-likeness (QED) is 0.627. The molecule has 1 N–H and O–H groups in total. The van der Waals surface area contributed by atoms with E-state index in [9.17, 15) is 9.90 Å². The number of hydrogen-bond acceptors (Lipinski definition) is 5. The van der Waals surface area contributed by atoms with Gasteiger partial charge in [0.25, 0.3) is 0 Å². The van der Waals surface area contributed by atoms with Crippen molar-refractivity contribution in [3.05, 3.63) is 58.7 Å². The van der Waals surface area contributed by atoms with Gasteiger partial charge in [-0.25, -0.2) is 0 Å². The first-order valence-corrected chi connectivity index (χ1v) is 11.3. The van der Waals surface area contributed by atoms with Gasteiger partial charge in [0, 0.05) is 30.3 Å². The molecule has 2 aliphatic heterocycles. The highest BCUT2D eigenvalue weighted by Gasteiger charge is 2.28. The van der Waals surface area contributed by atoms with E-state index in [2.05, 4.69) is 36.1 Å². The van der Waals surface area contributed by atoms with Crippen LogP contribution in [0.1, 0.15) is 36.5 Å². The maximum atomic E-state index is 11.2. The minimum atomic E-state index is -0.700. The van der Waals surface area contributed by atoms with E-state index in [1.165, 1.54) is 5.56 Å². The van der Waals surface area contributed by atoms with Crippen molar-refractivity contribution >= 4 is 12.0 Å². The third-order valence-corrected chi connectivity index (χ3v) is 6.09. The highest BCUT2D eigenvalue weighted by molar-refractivity contribution is 5.70. The van der Waals surface area contributed by atoms with Crippen molar-refractivity contribution in [1.82, 2.24) is 4.90 Å². The highest BCUT2D eigenvalue weighted by Crippen LogP contribution is 2.32. The van der Waals surface area contributed by atoms with Crippen LogP contribution >= 0.6 is 0 Å². The third-order valence-electron chi connectivity index (χ3n) is 6.09. The summed E-state index contributed by atoms with van der Waals surface area (Å²) < 4.78 is 17.6. The summed E-state index contributed by atoms with van der Waals surface area (Å²) in [6.45, 7) is 5.27. The predicted molar refractivity (Wildman–Crippen MR) is 123 cm³/mol. The normalized spacial score (nSPS) is 17.9. The van der Waals surface area contributed by atoms with Crippen molar-refractivity contribution in [3.8, 4) is 17.2 Å². The van der Waals surface area contributed by atoms with E-state index >= 15 is 0 Å². The molecule has 2 heterocycles. The molecule has 6 heteroatoms. The Morgan fingerprint density at radius 3 is 2.88 bits per heavy atom. The average molecular weight is 438 g/mol. The smallest absolute Gasteiger partial charge is 0.307 e. The molecule has 1 atom stereocenters. The molecular formula is C26H31NO5. The Labute approximate surface area is 189 Å². The topological polar surface area (TPSA) is 68.2 Å². The van der Waals surface area contributed by atoms with E-state index in [1.807, 2.05) is 18.2 Å². The second-order valence-corrected chi connectivity index (χ2v) is 8.53. The summed E-state index contributed by atoms with van der Waals surface area (Å²) in [5.41, 5.74) is 4.46. The Kier molecular flexibility index (Phi) is 7.00. The Hall–Kier alpha value is -2.99. The molecule has 1 saturated heterocycles. The van der Waals surface area contributed by atoms with E-state index in [0.29, 0.717) is 26.2 Å². The molecule has 2 aliphatic rings. The predicted octanol–water partition coefficient (Wildman–Crippen LogP) is 4.41. The number of benzene rings is 2. The van der Waals surface area contributed by atoms with E-state index < -0.39 is 5.97 Å². The number of hydrogen-bond donors (Lipinski definition) is 1. The Bertz CT molecular complexity index is 1000. The van der Waals surface area contributed by atoms with Gasteiger partial charge in [-0.05, 0) is 54.8 Å². The van der Waals surface area contributed by atoms with Crippen LogP contribution in [0, 0.1) is 5.92 Å². The lowest BCUT2D eigenvalue weighted by atomic mass is 10.1. The van der Waals surface area contributed by atoms with Crippen molar-refractivity contribution in [2.75, 3.05) is 33.4 Å². The van der Waals surface area contributed by atoms with Gasteiger partial charge in [-0.3, -0.25) is 9.69 Å². The molecule has 0 aliphatic carbocycles. The third kappa shape index (κ3) is 5.25. The molecule has 0 spiro atoms. The molecule has 0 radical (unpaired) electrons. The summed E-state index contributed by atoms with van der Waals surface area (Å²) in [5, 5.41) is 9.19. The zero-order valence-electron chi connectivity index (χ0n) is 18.8. The van der Waals surface area contributed by atoms with E-state index in [-0.39, 0.29) is 5.92 Å². The molecule has 1 unspecified atom stereocenters. The van der Waals surface area contributed by atoms with Crippen molar-refractivity contribution in [3.63, 3.8) is 0 Å². The molecule has 170 valence electrons. The number of ether oxygens (including phenoxy) is 3. The van der Waals surface area contributed by atoms with Gasteiger partial charge in [-0.2, -0.15) is 0 Å². The van der Waals surface area contributed by atoms with Gasteiger partial charge in [-0.1, -0.05) is 25.5 Å². The van der Waals surface area contributed by atoms with Gasteiger partial charge in [0.1, 0.15) is 30.5 Å². The van der Waals surface area contributed by atoms with E-state index in [1.54, 1.807) is 7.11 Å². The molecule has 4 rings (SSSR count). The Morgan fingerprint density at radius 2 is 2.12 bits per heavy atom. The van der Waals surface area contributed by atoms with Gasteiger partial charge in [-0.15, -0.1) is 0 Å². The number of aliphatic carboxylic acids is 1. The largest absolute Gasteiger partial charge is 0.496 e. The first-order valence-electron chi connectivity index (χ1n) is 11.3. The number of aryl methyl sites for hydroxylation is 1. The SMILES string of the molecule is CCCc1ccc(COc2ccc3c(c2)OCC(CN2CCC(C(=O)O)C2)=C3)c(OC)c1. The summed E-state index contributed by atoms with van der Waals surface area (Å²) >= 11 is 0. The number of nitrogens with zero attached hydrogens (tertiary/aromatic N) is 1. The molecule has 2 aromatic rings. The van der Waals surface area contributed by atoms with Gasteiger partial charge in [0.15, 0.2) is 0 Å². The fourth-order valence-corrected chi connectivity index (χ4v) is 4.35. The number of methoxy groups -OCH3 is 1. The zero-order chi connectivity index (χ0) is 22.5. The first kappa shape index (κ1) is 22.2. The van der Waals surface area contributed by atoms with E-state index in [0.717, 1.165) is 59.9 Å². The fourth-order valence-electron chi connectivity index (χ4n) is 4.35. The molecule has 1 fully saturated rings. The Balaban J connectivity index is 1.37. The number of carboxylic acid groups (broad SMARTS) is 1. The molecule has 0 aromatic heterocycles. The van der Waals surface area contributed by atoms with Gasteiger partial charge >= 0.3 is 5.97 Å². The molecule has 6 nitrogen and oxygen atoms in total. The van der Waals surface area contributed by atoms with Gasteiger partial charge < -0.3 is 19.3 Å².